The highest BCUT2D eigenvalue weighted by atomic mass is 16.5. The molecule has 2 atom stereocenters. The van der Waals surface area contributed by atoms with Crippen LogP contribution in [0.1, 0.15) is 18.9 Å². The first-order chi connectivity index (χ1) is 14.7. The molecule has 0 bridgehead atoms. The molecule has 1 spiro atoms. The zero-order chi connectivity index (χ0) is 22.9. The molecule has 2 aliphatic rings. The van der Waals surface area contributed by atoms with E-state index in [4.69, 9.17) is 19.6 Å². The maximum Gasteiger partial charge on any atom is 0.338 e. The fraction of sp³-hybridized carbons (Fsp3) is 0.381. The molecular formula is C21H22N2O8. The summed E-state index contributed by atoms with van der Waals surface area (Å²) >= 11 is 0. The molecule has 10 nitrogen and oxygen atoms in total. The number of ether oxygens (including phenoxy) is 4. The molecule has 0 aromatic heterocycles. The molecular weight excluding hydrogens is 408 g/mol. The minimum absolute atomic E-state index is 0.0172. The Morgan fingerprint density at radius 1 is 1.19 bits per heavy atom. The van der Waals surface area contributed by atoms with Crippen molar-refractivity contribution in [2.24, 2.45) is 5.92 Å². The Kier molecular flexibility index (Phi) is 5.83. The van der Waals surface area contributed by atoms with Crippen molar-refractivity contribution in [3.8, 4) is 0 Å². The molecule has 31 heavy (non-hydrogen) atoms. The normalized spacial score (nSPS) is 22.2. The number of carbonyl (C=O) groups is 4. The van der Waals surface area contributed by atoms with E-state index in [1.54, 1.807) is 31.2 Å². The molecule has 1 N–H and O–H groups in total. The molecule has 1 aromatic rings. The third-order valence-corrected chi connectivity index (χ3v) is 5.38. The van der Waals surface area contributed by atoms with Crippen LogP contribution < -0.4 is 4.90 Å². The van der Waals surface area contributed by atoms with Crippen molar-refractivity contribution in [2.45, 2.75) is 18.8 Å². The van der Waals surface area contributed by atoms with Gasteiger partial charge in [0.25, 0.3) is 0 Å². The minimum Gasteiger partial charge on any atom is -0.469 e. The lowest BCUT2D eigenvalue weighted by molar-refractivity contribution is -0.151. The molecule has 0 radical (unpaired) electrons. The first kappa shape index (κ1) is 22.0. The smallest absolute Gasteiger partial charge is 0.338 e. The predicted octanol–water partition coefficient (Wildman–Crippen LogP) is 1.08. The van der Waals surface area contributed by atoms with E-state index >= 15 is 0 Å². The summed E-state index contributed by atoms with van der Waals surface area (Å²) in [4.78, 5) is 53.0. The number of esters is 3. The Bertz CT molecular complexity index is 1010. The van der Waals surface area contributed by atoms with Crippen LogP contribution in [0.4, 0.5) is 5.69 Å². The van der Waals surface area contributed by atoms with Gasteiger partial charge in [-0.3, -0.25) is 19.8 Å². The van der Waals surface area contributed by atoms with Crippen molar-refractivity contribution >= 4 is 35.4 Å². The second-order valence-electron chi connectivity index (χ2n) is 6.88. The van der Waals surface area contributed by atoms with Crippen LogP contribution in [-0.4, -0.2) is 57.6 Å². The van der Waals surface area contributed by atoms with E-state index in [0.29, 0.717) is 11.3 Å². The average Bonchev–Trinajstić information content (AvgIpc) is 2.96. The fourth-order valence-corrected chi connectivity index (χ4v) is 4.13. The van der Waals surface area contributed by atoms with Gasteiger partial charge in [-0.2, -0.15) is 0 Å². The molecule has 164 valence electrons. The summed E-state index contributed by atoms with van der Waals surface area (Å²) in [5.74, 6) is -5.81. The number of hydrogen-bond donors (Lipinski definition) is 1. The zero-order valence-corrected chi connectivity index (χ0v) is 17.5. The molecule has 10 heteroatoms. The van der Waals surface area contributed by atoms with Gasteiger partial charge < -0.3 is 23.8 Å². The Morgan fingerprint density at radius 2 is 1.87 bits per heavy atom. The van der Waals surface area contributed by atoms with E-state index in [1.807, 2.05) is 0 Å². The lowest BCUT2D eigenvalue weighted by Crippen LogP contribution is -2.57. The van der Waals surface area contributed by atoms with Crippen LogP contribution in [0.25, 0.3) is 0 Å². The summed E-state index contributed by atoms with van der Waals surface area (Å²) in [5, 5.41) is 8.43. The van der Waals surface area contributed by atoms with Gasteiger partial charge in [0.05, 0.1) is 26.4 Å². The summed E-state index contributed by atoms with van der Waals surface area (Å²) in [6, 6.07) is 6.57. The van der Waals surface area contributed by atoms with Crippen LogP contribution in [0, 0.1) is 11.3 Å². The maximum atomic E-state index is 13.7. The van der Waals surface area contributed by atoms with E-state index in [1.165, 1.54) is 11.9 Å². The second kappa shape index (κ2) is 8.21. The van der Waals surface area contributed by atoms with Crippen LogP contribution in [-0.2, 0) is 43.5 Å². The SMILES string of the molecule is CCOC(=O)C1C(=N)OC(CC(=O)OC)=C(C(=O)OC)C12C(=O)N(C)c1ccccc12. The number of carbonyl (C=O) groups excluding carboxylic acids is 4. The number of anilines is 1. The number of methoxy groups -OCH3 is 2. The molecule has 0 fully saturated rings. The monoisotopic (exact) mass is 430 g/mol. The number of amides is 1. The van der Waals surface area contributed by atoms with Gasteiger partial charge in [-0.1, -0.05) is 18.2 Å². The van der Waals surface area contributed by atoms with Crippen LogP contribution in [0.15, 0.2) is 35.6 Å². The Hall–Kier alpha value is -3.69. The van der Waals surface area contributed by atoms with Gasteiger partial charge >= 0.3 is 17.9 Å². The van der Waals surface area contributed by atoms with Gasteiger partial charge in [0.15, 0.2) is 5.92 Å². The largest absolute Gasteiger partial charge is 0.469 e. The van der Waals surface area contributed by atoms with Crippen molar-refractivity contribution in [3.63, 3.8) is 0 Å². The highest BCUT2D eigenvalue weighted by molar-refractivity contribution is 6.22. The molecule has 2 unspecified atom stereocenters. The van der Waals surface area contributed by atoms with Crippen LogP contribution in [0.5, 0.6) is 0 Å². The Balaban J connectivity index is 2.44. The fourth-order valence-electron chi connectivity index (χ4n) is 4.13. The van der Waals surface area contributed by atoms with Crippen molar-refractivity contribution in [1.29, 1.82) is 5.41 Å². The molecule has 0 saturated carbocycles. The number of rotatable bonds is 5. The first-order valence-corrected chi connectivity index (χ1v) is 9.44. The minimum atomic E-state index is -2.00. The summed E-state index contributed by atoms with van der Waals surface area (Å²) in [7, 11) is 3.75. The topological polar surface area (TPSA) is 132 Å². The molecule has 0 saturated heterocycles. The number of nitrogens with one attached hydrogen (secondary N) is 1. The summed E-state index contributed by atoms with van der Waals surface area (Å²) in [6.45, 7) is 1.56. The van der Waals surface area contributed by atoms with E-state index in [0.717, 1.165) is 14.2 Å². The number of nitrogens with zero attached hydrogens (tertiary/aromatic N) is 1. The van der Waals surface area contributed by atoms with Crippen molar-refractivity contribution < 1.29 is 38.1 Å². The molecule has 0 aliphatic carbocycles. The quantitative estimate of drug-likeness (QED) is 0.542. The molecule has 2 heterocycles. The van der Waals surface area contributed by atoms with E-state index < -0.39 is 47.5 Å². The molecule has 1 amide bonds. The van der Waals surface area contributed by atoms with E-state index in [-0.39, 0.29) is 17.9 Å². The zero-order valence-electron chi connectivity index (χ0n) is 17.5. The standard InChI is InChI=1S/C21H22N2O8/c1-5-30-19(26)16-17(22)31-13(10-14(24)28-3)15(18(25)29-4)21(16)11-8-6-7-9-12(11)23(2)20(21)27/h6-9,16,22H,5,10H2,1-4H3. The average molecular weight is 430 g/mol. The van der Waals surface area contributed by atoms with Gasteiger partial charge in [0.1, 0.15) is 17.6 Å². The number of para-hydroxylation sites is 1. The number of likely N-dealkylation sites (N-methyl/N-ethyl adjacent to an activating group) is 1. The predicted molar refractivity (Wildman–Crippen MR) is 106 cm³/mol. The van der Waals surface area contributed by atoms with Crippen molar-refractivity contribution in [3.05, 3.63) is 41.2 Å². The lowest BCUT2D eigenvalue weighted by atomic mass is 9.63. The van der Waals surface area contributed by atoms with Gasteiger partial charge in [-0.15, -0.1) is 0 Å². The van der Waals surface area contributed by atoms with E-state index in [2.05, 4.69) is 4.74 Å². The van der Waals surface area contributed by atoms with Gasteiger partial charge in [0.2, 0.25) is 11.8 Å². The maximum absolute atomic E-state index is 13.7. The number of benzene rings is 1. The Morgan fingerprint density at radius 3 is 2.48 bits per heavy atom. The molecule has 3 rings (SSSR count). The van der Waals surface area contributed by atoms with Gasteiger partial charge in [-0.05, 0) is 18.6 Å². The van der Waals surface area contributed by atoms with E-state index in [9.17, 15) is 19.2 Å². The summed E-state index contributed by atoms with van der Waals surface area (Å²) in [5.41, 5.74) is -1.59. The third kappa shape index (κ3) is 3.15. The number of hydrogen-bond acceptors (Lipinski definition) is 9. The highest BCUT2D eigenvalue weighted by Gasteiger charge is 2.67. The highest BCUT2D eigenvalue weighted by Crippen LogP contribution is 2.54. The molecule has 2 aliphatic heterocycles. The first-order valence-electron chi connectivity index (χ1n) is 9.44. The third-order valence-electron chi connectivity index (χ3n) is 5.38. The van der Waals surface area contributed by atoms with Crippen LogP contribution in [0.2, 0.25) is 0 Å². The second-order valence-corrected chi connectivity index (χ2v) is 6.88. The van der Waals surface area contributed by atoms with Crippen molar-refractivity contribution in [1.82, 2.24) is 0 Å². The van der Waals surface area contributed by atoms with Crippen molar-refractivity contribution in [2.75, 3.05) is 32.8 Å². The lowest BCUT2D eigenvalue weighted by Gasteiger charge is -2.40. The van der Waals surface area contributed by atoms with Gasteiger partial charge in [0, 0.05) is 12.7 Å². The molecule has 1 aromatic carbocycles. The summed E-state index contributed by atoms with van der Waals surface area (Å²) in [6.07, 6.45) is -0.542. The summed E-state index contributed by atoms with van der Waals surface area (Å²) < 4.78 is 20.2. The van der Waals surface area contributed by atoms with Crippen LogP contribution in [0.3, 0.4) is 0 Å². The number of fused-ring (bicyclic) bond motifs is 2. The van der Waals surface area contributed by atoms with Crippen LogP contribution >= 0.6 is 0 Å². The van der Waals surface area contributed by atoms with Gasteiger partial charge in [-0.25, -0.2) is 4.79 Å². The Labute approximate surface area is 178 Å².